The summed E-state index contributed by atoms with van der Waals surface area (Å²) in [4.78, 5) is 12.3. The molecule has 1 nitrogen and oxygen atoms in total. The number of carbonyl (C=O) groups excluding carboxylic acids is 1. The molecule has 0 saturated heterocycles. The number of hydrogen-bond donors (Lipinski definition) is 0. The molecular weight excluding hydrogens is 287 g/mol. The predicted octanol–water partition coefficient (Wildman–Crippen LogP) is 4.88. The maximum absolute atomic E-state index is 11.1. The van der Waals surface area contributed by atoms with Gasteiger partial charge in [-0.1, -0.05) is 41.4 Å². The molecule has 92 valence electrons. The van der Waals surface area contributed by atoms with Gasteiger partial charge in [0.15, 0.2) is 0 Å². The molecule has 0 unspecified atom stereocenters. The molecule has 1 aromatic carbocycles. The molecule has 0 aliphatic carbocycles. The fourth-order valence-corrected chi connectivity index (χ4v) is 2.52. The monoisotopic (exact) mass is 296 g/mol. The lowest BCUT2D eigenvalue weighted by molar-refractivity contribution is -0.103. The first-order chi connectivity index (χ1) is 8.70. The molecule has 0 aliphatic heterocycles. The number of rotatable bonds is 4. The van der Waals surface area contributed by atoms with E-state index in [9.17, 15) is 4.79 Å². The van der Waals surface area contributed by atoms with Crippen LogP contribution in [0.1, 0.15) is 10.4 Å². The van der Waals surface area contributed by atoms with Gasteiger partial charge in [0.25, 0.3) is 0 Å². The topological polar surface area (TPSA) is 17.1 Å². The number of halogens is 2. The maximum Gasteiger partial charge on any atom is 0.150 e. The quantitative estimate of drug-likeness (QED) is 0.580. The lowest BCUT2D eigenvalue weighted by Crippen LogP contribution is -1.88. The van der Waals surface area contributed by atoms with Gasteiger partial charge in [0.2, 0.25) is 0 Å². The van der Waals surface area contributed by atoms with E-state index < -0.39 is 0 Å². The van der Waals surface area contributed by atoms with Crippen molar-refractivity contribution in [3.63, 3.8) is 0 Å². The summed E-state index contributed by atoms with van der Waals surface area (Å²) in [6.45, 7) is 0. The minimum Gasteiger partial charge on any atom is -0.298 e. The van der Waals surface area contributed by atoms with Crippen molar-refractivity contribution in [1.82, 2.24) is 0 Å². The number of hydrogen-bond acceptors (Lipinski definition) is 2. The van der Waals surface area contributed by atoms with E-state index in [1.165, 1.54) is 4.88 Å². The van der Waals surface area contributed by atoms with Crippen LogP contribution in [0.4, 0.5) is 0 Å². The number of benzene rings is 1. The number of aldehydes is 1. The van der Waals surface area contributed by atoms with Crippen molar-refractivity contribution in [1.29, 1.82) is 0 Å². The first-order valence-corrected chi connectivity index (χ1v) is 6.97. The number of carbonyl (C=O) groups is 1. The van der Waals surface area contributed by atoms with E-state index in [4.69, 9.17) is 23.2 Å². The third kappa shape index (κ3) is 3.22. The van der Waals surface area contributed by atoms with Crippen LogP contribution in [0.3, 0.4) is 0 Å². The summed E-state index contributed by atoms with van der Waals surface area (Å²) in [7, 11) is 0. The van der Waals surface area contributed by atoms with Gasteiger partial charge in [-0.25, -0.2) is 0 Å². The zero-order valence-corrected chi connectivity index (χ0v) is 11.7. The highest BCUT2D eigenvalue weighted by atomic mass is 35.5. The highest BCUT2D eigenvalue weighted by molar-refractivity contribution is 7.09. The van der Waals surface area contributed by atoms with Gasteiger partial charge in [0.1, 0.15) is 6.29 Å². The van der Waals surface area contributed by atoms with Crippen LogP contribution in [-0.2, 0) is 11.2 Å². The summed E-state index contributed by atoms with van der Waals surface area (Å²) in [5, 5.41) is 2.96. The van der Waals surface area contributed by atoms with Crippen molar-refractivity contribution in [2.24, 2.45) is 0 Å². The van der Waals surface area contributed by atoms with Crippen molar-refractivity contribution in [2.45, 2.75) is 6.42 Å². The number of allylic oxidation sites excluding steroid dienone is 2. The third-order valence-corrected chi connectivity index (χ3v) is 4.12. The largest absolute Gasteiger partial charge is 0.298 e. The Balaban J connectivity index is 2.24. The Morgan fingerprint density at radius 2 is 2.06 bits per heavy atom. The molecule has 0 atom stereocenters. The third-order valence-electron chi connectivity index (χ3n) is 2.48. The Labute approximate surface area is 120 Å². The van der Waals surface area contributed by atoms with Crippen LogP contribution in [0.5, 0.6) is 0 Å². The molecular formula is C14H10Cl2OS. The fraction of sp³-hybridized carbons (Fsp3) is 0.0714. The molecule has 0 radical (unpaired) electrons. The molecule has 2 rings (SSSR count). The van der Waals surface area contributed by atoms with Crippen LogP contribution in [0.15, 0.2) is 41.8 Å². The highest BCUT2D eigenvalue weighted by Gasteiger charge is 2.04. The standard InChI is InChI=1S/C14H10Cl2OS/c15-13-6-4-10(8-14(13)16)11(9-17)3-5-12-2-1-7-18-12/h1-4,6-9H,5H2. The average molecular weight is 297 g/mol. The average Bonchev–Trinajstić information content (AvgIpc) is 2.87. The summed E-state index contributed by atoms with van der Waals surface area (Å²) in [5.41, 5.74) is 1.41. The lowest BCUT2D eigenvalue weighted by atomic mass is 10.1. The van der Waals surface area contributed by atoms with Gasteiger partial charge in [-0.3, -0.25) is 4.79 Å². The second-order valence-corrected chi connectivity index (χ2v) is 5.54. The lowest BCUT2D eigenvalue weighted by Gasteiger charge is -2.02. The van der Waals surface area contributed by atoms with Crippen LogP contribution in [0.2, 0.25) is 10.0 Å². The Kier molecular flexibility index (Phi) is 4.59. The van der Waals surface area contributed by atoms with Crippen molar-refractivity contribution < 1.29 is 4.79 Å². The second-order valence-electron chi connectivity index (χ2n) is 3.69. The van der Waals surface area contributed by atoms with Gasteiger partial charge >= 0.3 is 0 Å². The Morgan fingerprint density at radius 3 is 2.67 bits per heavy atom. The van der Waals surface area contributed by atoms with E-state index in [0.29, 0.717) is 15.6 Å². The smallest absolute Gasteiger partial charge is 0.150 e. The van der Waals surface area contributed by atoms with E-state index in [1.54, 1.807) is 29.5 Å². The normalized spacial score (nSPS) is 11.6. The molecule has 1 aromatic heterocycles. The van der Waals surface area contributed by atoms with E-state index >= 15 is 0 Å². The molecule has 1 heterocycles. The van der Waals surface area contributed by atoms with Crippen LogP contribution in [0, 0.1) is 0 Å². The van der Waals surface area contributed by atoms with E-state index in [0.717, 1.165) is 18.3 Å². The minimum absolute atomic E-state index is 0.457. The summed E-state index contributed by atoms with van der Waals surface area (Å²) in [5.74, 6) is 0. The van der Waals surface area contributed by atoms with Gasteiger partial charge in [-0.2, -0.15) is 0 Å². The maximum atomic E-state index is 11.1. The second kappa shape index (κ2) is 6.19. The van der Waals surface area contributed by atoms with Crippen LogP contribution < -0.4 is 0 Å². The SMILES string of the molecule is O=CC(=CCc1cccs1)c1ccc(Cl)c(Cl)c1. The van der Waals surface area contributed by atoms with Gasteiger partial charge in [0, 0.05) is 16.9 Å². The molecule has 0 aliphatic rings. The van der Waals surface area contributed by atoms with E-state index in [1.807, 2.05) is 23.6 Å². The zero-order chi connectivity index (χ0) is 13.0. The van der Waals surface area contributed by atoms with Gasteiger partial charge in [0.05, 0.1) is 10.0 Å². The van der Waals surface area contributed by atoms with Crippen LogP contribution in [0.25, 0.3) is 5.57 Å². The molecule has 0 saturated carbocycles. The summed E-state index contributed by atoms with van der Waals surface area (Å²) >= 11 is 13.5. The van der Waals surface area contributed by atoms with Gasteiger partial charge in [-0.05, 0) is 29.1 Å². The van der Waals surface area contributed by atoms with E-state index in [-0.39, 0.29) is 0 Å². The molecule has 2 aromatic rings. The Morgan fingerprint density at radius 1 is 1.22 bits per heavy atom. The van der Waals surface area contributed by atoms with Gasteiger partial charge in [-0.15, -0.1) is 11.3 Å². The van der Waals surface area contributed by atoms with Gasteiger partial charge < -0.3 is 0 Å². The molecule has 0 amide bonds. The van der Waals surface area contributed by atoms with Crippen molar-refractivity contribution >= 4 is 46.4 Å². The summed E-state index contributed by atoms with van der Waals surface area (Å²) in [6, 6.07) is 9.23. The molecule has 4 heteroatoms. The number of thiophene rings is 1. The summed E-state index contributed by atoms with van der Waals surface area (Å²) in [6.07, 6.45) is 3.48. The first kappa shape index (κ1) is 13.3. The predicted molar refractivity (Wildman–Crippen MR) is 78.5 cm³/mol. The van der Waals surface area contributed by atoms with Crippen molar-refractivity contribution in [3.05, 3.63) is 62.3 Å². The molecule has 0 N–H and O–H groups in total. The molecule has 0 fully saturated rings. The molecule has 0 bridgehead atoms. The Hall–Kier alpha value is -1.09. The Bertz CT molecular complexity index is 573. The van der Waals surface area contributed by atoms with Crippen molar-refractivity contribution in [3.8, 4) is 0 Å². The minimum atomic E-state index is 0.457. The van der Waals surface area contributed by atoms with Crippen molar-refractivity contribution in [2.75, 3.05) is 0 Å². The van der Waals surface area contributed by atoms with Crippen LogP contribution in [-0.4, -0.2) is 6.29 Å². The summed E-state index contributed by atoms with van der Waals surface area (Å²) < 4.78 is 0. The fourth-order valence-electron chi connectivity index (χ4n) is 1.55. The molecule has 18 heavy (non-hydrogen) atoms. The first-order valence-electron chi connectivity index (χ1n) is 5.34. The van der Waals surface area contributed by atoms with Crippen LogP contribution >= 0.6 is 34.5 Å². The zero-order valence-electron chi connectivity index (χ0n) is 9.40. The highest BCUT2D eigenvalue weighted by Crippen LogP contribution is 2.26. The van der Waals surface area contributed by atoms with E-state index in [2.05, 4.69) is 0 Å². The molecule has 0 spiro atoms.